The maximum absolute atomic E-state index is 12.5. The number of nitrogens with one attached hydrogen (secondary N) is 2. The van der Waals surface area contributed by atoms with Gasteiger partial charge in [0.05, 0.1) is 6.42 Å². The summed E-state index contributed by atoms with van der Waals surface area (Å²) in [4.78, 5) is 33.3. The number of anilines is 1. The van der Waals surface area contributed by atoms with Crippen molar-refractivity contribution in [2.24, 2.45) is 4.99 Å². The Morgan fingerprint density at radius 3 is 2.56 bits per heavy atom. The molecule has 134 valence electrons. The molecular formula is C18H25N5O2. The number of rotatable bonds is 3. The maximum atomic E-state index is 12.5. The second kappa shape index (κ2) is 7.65. The molecule has 0 radical (unpaired) electrons. The second-order valence-electron chi connectivity index (χ2n) is 6.55. The number of likely N-dealkylation sites (N-methyl/N-ethyl adjacent to an activating group) is 1. The van der Waals surface area contributed by atoms with Crippen molar-refractivity contribution in [3.05, 3.63) is 29.8 Å². The van der Waals surface area contributed by atoms with E-state index >= 15 is 0 Å². The van der Waals surface area contributed by atoms with Crippen molar-refractivity contribution in [2.45, 2.75) is 25.8 Å². The van der Waals surface area contributed by atoms with Gasteiger partial charge in [-0.05, 0) is 31.2 Å². The summed E-state index contributed by atoms with van der Waals surface area (Å²) in [5, 5.41) is 5.66. The number of carbonyl (C=O) groups is 2. The lowest BCUT2D eigenvalue weighted by molar-refractivity contribution is -0.125. The highest BCUT2D eigenvalue weighted by atomic mass is 16.2. The quantitative estimate of drug-likeness (QED) is 0.846. The molecule has 0 bridgehead atoms. The molecule has 1 unspecified atom stereocenters. The van der Waals surface area contributed by atoms with Gasteiger partial charge in [-0.3, -0.25) is 14.9 Å². The first-order chi connectivity index (χ1) is 12.0. The highest BCUT2D eigenvalue weighted by molar-refractivity contribution is 6.05. The van der Waals surface area contributed by atoms with Gasteiger partial charge in [-0.1, -0.05) is 19.1 Å². The zero-order chi connectivity index (χ0) is 17.8. The average Bonchev–Trinajstić information content (AvgIpc) is 2.62. The minimum Gasteiger partial charge on any atom is -0.340 e. The zero-order valence-corrected chi connectivity index (χ0v) is 14.8. The van der Waals surface area contributed by atoms with E-state index in [-0.39, 0.29) is 18.2 Å². The average molecular weight is 343 g/mol. The number of amides is 2. The number of nitrogens with zero attached hydrogens (tertiary/aromatic N) is 3. The fraction of sp³-hybridized carbons (Fsp3) is 0.500. The molecule has 1 saturated heterocycles. The van der Waals surface area contributed by atoms with Crippen LogP contribution in [0.3, 0.4) is 0 Å². The van der Waals surface area contributed by atoms with Gasteiger partial charge in [0.25, 0.3) is 0 Å². The van der Waals surface area contributed by atoms with Crippen LogP contribution >= 0.6 is 0 Å². The zero-order valence-electron chi connectivity index (χ0n) is 14.8. The van der Waals surface area contributed by atoms with E-state index in [1.807, 2.05) is 29.2 Å². The summed E-state index contributed by atoms with van der Waals surface area (Å²) in [6.07, 6.45) is 1.03. The number of aryl methyl sites for hydroxylation is 1. The first-order valence-electron chi connectivity index (χ1n) is 8.76. The van der Waals surface area contributed by atoms with Crippen LogP contribution in [0.4, 0.5) is 5.69 Å². The fourth-order valence-corrected chi connectivity index (χ4v) is 2.96. The van der Waals surface area contributed by atoms with Gasteiger partial charge in [0.1, 0.15) is 6.04 Å². The van der Waals surface area contributed by atoms with Crippen molar-refractivity contribution in [1.82, 2.24) is 15.1 Å². The summed E-state index contributed by atoms with van der Waals surface area (Å²) in [7, 11) is 2.07. The minimum absolute atomic E-state index is 0.0795. The molecule has 7 heteroatoms. The third-order valence-corrected chi connectivity index (χ3v) is 4.64. The summed E-state index contributed by atoms with van der Waals surface area (Å²) in [5.41, 5.74) is 1.94. The van der Waals surface area contributed by atoms with Crippen molar-refractivity contribution >= 4 is 23.5 Å². The number of guanidine groups is 1. The third kappa shape index (κ3) is 4.36. The van der Waals surface area contributed by atoms with Crippen molar-refractivity contribution in [1.29, 1.82) is 0 Å². The van der Waals surface area contributed by atoms with Gasteiger partial charge in [-0.25, -0.2) is 4.99 Å². The van der Waals surface area contributed by atoms with Gasteiger partial charge in [0.2, 0.25) is 17.8 Å². The summed E-state index contributed by atoms with van der Waals surface area (Å²) >= 11 is 0. The van der Waals surface area contributed by atoms with Crippen LogP contribution in [0.25, 0.3) is 0 Å². The minimum atomic E-state index is -0.686. The van der Waals surface area contributed by atoms with Crippen molar-refractivity contribution in [3.63, 3.8) is 0 Å². The Labute approximate surface area is 148 Å². The van der Waals surface area contributed by atoms with Crippen LogP contribution in [0.15, 0.2) is 29.3 Å². The first-order valence-corrected chi connectivity index (χ1v) is 8.76. The molecule has 1 atom stereocenters. The number of carbonyl (C=O) groups excluding carboxylic acids is 2. The van der Waals surface area contributed by atoms with E-state index in [4.69, 9.17) is 0 Å². The molecule has 1 aromatic carbocycles. The van der Waals surface area contributed by atoms with Crippen LogP contribution in [0.5, 0.6) is 0 Å². The Morgan fingerprint density at radius 2 is 1.92 bits per heavy atom. The van der Waals surface area contributed by atoms with E-state index in [1.54, 1.807) is 0 Å². The third-order valence-electron chi connectivity index (χ3n) is 4.64. The predicted octanol–water partition coefficient (Wildman–Crippen LogP) is 0.679. The SMILES string of the molecule is CCc1ccc(NC(=O)C2CC(=O)NC(N3CCN(C)CC3)=N2)cc1. The van der Waals surface area contributed by atoms with Gasteiger partial charge in [0.15, 0.2) is 0 Å². The number of hydrogen-bond donors (Lipinski definition) is 2. The number of aliphatic imine (C=N–C) groups is 1. The molecule has 3 rings (SSSR count). The molecule has 2 aliphatic heterocycles. The van der Waals surface area contributed by atoms with E-state index in [2.05, 4.69) is 34.5 Å². The number of piperazine rings is 1. The largest absolute Gasteiger partial charge is 0.340 e. The van der Waals surface area contributed by atoms with Gasteiger partial charge < -0.3 is 15.1 Å². The molecule has 0 spiro atoms. The molecule has 0 saturated carbocycles. The smallest absolute Gasteiger partial charge is 0.249 e. The van der Waals surface area contributed by atoms with Crippen LogP contribution in [0.2, 0.25) is 0 Å². The van der Waals surface area contributed by atoms with Crippen molar-refractivity contribution in [3.8, 4) is 0 Å². The molecular weight excluding hydrogens is 318 g/mol. The predicted molar refractivity (Wildman–Crippen MR) is 97.5 cm³/mol. The highest BCUT2D eigenvalue weighted by Gasteiger charge is 2.30. The van der Waals surface area contributed by atoms with Crippen LogP contribution in [0, 0.1) is 0 Å². The van der Waals surface area contributed by atoms with Gasteiger partial charge in [0, 0.05) is 31.9 Å². The van der Waals surface area contributed by atoms with Crippen LogP contribution in [-0.2, 0) is 16.0 Å². The lowest BCUT2D eigenvalue weighted by Gasteiger charge is -2.36. The molecule has 1 fully saturated rings. The van der Waals surface area contributed by atoms with Crippen LogP contribution < -0.4 is 10.6 Å². The number of hydrogen-bond acceptors (Lipinski definition) is 5. The molecule has 25 heavy (non-hydrogen) atoms. The second-order valence-corrected chi connectivity index (χ2v) is 6.55. The Kier molecular flexibility index (Phi) is 5.33. The van der Waals surface area contributed by atoms with E-state index in [9.17, 15) is 9.59 Å². The van der Waals surface area contributed by atoms with Gasteiger partial charge >= 0.3 is 0 Å². The van der Waals surface area contributed by atoms with E-state index < -0.39 is 6.04 Å². The summed E-state index contributed by atoms with van der Waals surface area (Å²) < 4.78 is 0. The monoisotopic (exact) mass is 343 g/mol. The Bertz CT molecular complexity index is 663. The van der Waals surface area contributed by atoms with E-state index in [0.717, 1.165) is 38.3 Å². The Balaban J connectivity index is 1.67. The maximum Gasteiger partial charge on any atom is 0.249 e. The first kappa shape index (κ1) is 17.4. The molecule has 2 aliphatic rings. The molecule has 7 nitrogen and oxygen atoms in total. The van der Waals surface area contributed by atoms with E-state index in [1.165, 1.54) is 5.56 Å². The van der Waals surface area contributed by atoms with Crippen molar-refractivity contribution in [2.75, 3.05) is 38.5 Å². The summed E-state index contributed by atoms with van der Waals surface area (Å²) in [6, 6.07) is 7.05. The molecule has 2 amide bonds. The van der Waals surface area contributed by atoms with E-state index in [0.29, 0.717) is 5.96 Å². The molecule has 0 aromatic heterocycles. The van der Waals surface area contributed by atoms with Crippen LogP contribution in [0.1, 0.15) is 18.9 Å². The molecule has 0 aliphatic carbocycles. The number of benzene rings is 1. The van der Waals surface area contributed by atoms with Gasteiger partial charge in [-0.15, -0.1) is 0 Å². The highest BCUT2D eigenvalue weighted by Crippen LogP contribution is 2.14. The standard InChI is InChI=1S/C18H25N5O2/c1-3-13-4-6-14(7-5-13)19-17(25)15-12-16(24)21-18(20-15)23-10-8-22(2)9-11-23/h4-7,15H,3,8-12H2,1-2H3,(H,19,25)(H,20,21,24). The molecule has 2 heterocycles. The van der Waals surface area contributed by atoms with Crippen LogP contribution in [-0.4, -0.2) is 66.8 Å². The molecule has 1 aromatic rings. The summed E-state index contributed by atoms with van der Waals surface area (Å²) in [5.74, 6) is 0.113. The topological polar surface area (TPSA) is 77.0 Å². The van der Waals surface area contributed by atoms with Crippen molar-refractivity contribution < 1.29 is 9.59 Å². The lowest BCUT2D eigenvalue weighted by atomic mass is 10.1. The summed E-state index contributed by atoms with van der Waals surface area (Å²) in [6.45, 7) is 5.50. The Morgan fingerprint density at radius 1 is 1.24 bits per heavy atom. The normalized spacial score (nSPS) is 21.5. The molecule has 2 N–H and O–H groups in total. The fourth-order valence-electron chi connectivity index (χ4n) is 2.96. The van der Waals surface area contributed by atoms with Gasteiger partial charge in [-0.2, -0.15) is 0 Å². The lowest BCUT2D eigenvalue weighted by Crippen LogP contribution is -2.55. The Hall–Kier alpha value is -2.41.